The molecule has 1 aliphatic rings. The summed E-state index contributed by atoms with van der Waals surface area (Å²) < 4.78 is 10.6. The van der Waals surface area contributed by atoms with Crippen LogP contribution >= 0.6 is 0 Å². The number of hydrogen-bond acceptors (Lipinski definition) is 4. The molecule has 0 aromatic carbocycles. The Balaban J connectivity index is 2.25. The Morgan fingerprint density at radius 3 is 2.79 bits per heavy atom. The van der Waals surface area contributed by atoms with Gasteiger partial charge in [-0.3, -0.25) is 4.90 Å². The summed E-state index contributed by atoms with van der Waals surface area (Å²) in [6.45, 7) is 6.22. The van der Waals surface area contributed by atoms with Crippen LogP contribution in [-0.2, 0) is 11.2 Å². The highest BCUT2D eigenvalue weighted by Crippen LogP contribution is 2.29. The Kier molecular flexibility index (Phi) is 3.64. The summed E-state index contributed by atoms with van der Waals surface area (Å²) in [5.41, 5.74) is 0.526. The molecule has 0 bridgehead atoms. The van der Waals surface area contributed by atoms with Gasteiger partial charge in [-0.05, 0) is 45.2 Å². The highest BCUT2D eigenvalue weighted by atomic mass is 16.6. The van der Waals surface area contributed by atoms with Crippen LogP contribution in [0.5, 0.6) is 5.75 Å². The third-order valence-electron chi connectivity index (χ3n) is 2.85. The second-order valence-electron chi connectivity index (χ2n) is 5.59. The lowest BCUT2D eigenvalue weighted by atomic mass is 10.1. The van der Waals surface area contributed by atoms with Gasteiger partial charge in [0.2, 0.25) is 0 Å². The molecule has 5 nitrogen and oxygen atoms in total. The molecule has 0 atom stereocenters. The summed E-state index contributed by atoms with van der Waals surface area (Å²) in [6, 6.07) is 1.93. The van der Waals surface area contributed by atoms with Crippen LogP contribution in [0.15, 0.2) is 12.3 Å². The lowest BCUT2D eigenvalue weighted by molar-refractivity contribution is 0.0576. The molecule has 0 saturated heterocycles. The maximum absolute atomic E-state index is 12.2. The molecular formula is C14H20N2O3. The van der Waals surface area contributed by atoms with Gasteiger partial charge in [-0.25, -0.2) is 9.78 Å². The zero-order valence-electron chi connectivity index (χ0n) is 11.9. The van der Waals surface area contributed by atoms with Gasteiger partial charge in [0.25, 0.3) is 0 Å². The first-order valence-electron chi connectivity index (χ1n) is 6.44. The Hall–Kier alpha value is -1.78. The summed E-state index contributed by atoms with van der Waals surface area (Å²) in [5, 5.41) is 0. The van der Waals surface area contributed by atoms with Gasteiger partial charge in [-0.15, -0.1) is 0 Å². The van der Waals surface area contributed by atoms with Crippen molar-refractivity contribution in [3.05, 3.63) is 17.8 Å². The predicted octanol–water partition coefficient (Wildman–Crippen LogP) is 2.78. The molecule has 1 amide bonds. The highest BCUT2D eigenvalue weighted by Gasteiger charge is 2.28. The number of rotatable bonds is 1. The van der Waals surface area contributed by atoms with Crippen molar-refractivity contribution in [1.29, 1.82) is 0 Å². The number of fused-ring (bicyclic) bond motifs is 1. The number of carbonyl (C=O) groups excluding carboxylic acids is 1. The summed E-state index contributed by atoms with van der Waals surface area (Å²) in [4.78, 5) is 18.1. The molecule has 19 heavy (non-hydrogen) atoms. The fraction of sp³-hybridized carbons (Fsp3) is 0.571. The molecule has 0 radical (unpaired) electrons. The van der Waals surface area contributed by atoms with Crippen LogP contribution in [0.3, 0.4) is 0 Å². The largest absolute Gasteiger partial charge is 0.495 e. The van der Waals surface area contributed by atoms with Crippen LogP contribution in [0.1, 0.15) is 32.8 Å². The van der Waals surface area contributed by atoms with E-state index in [1.165, 1.54) is 0 Å². The number of methoxy groups -OCH3 is 1. The smallest absolute Gasteiger partial charge is 0.416 e. The first-order valence-corrected chi connectivity index (χ1v) is 6.44. The number of pyridine rings is 1. The second kappa shape index (κ2) is 5.07. The lowest BCUT2D eigenvalue weighted by Gasteiger charge is -2.30. The van der Waals surface area contributed by atoms with Crippen molar-refractivity contribution in [2.24, 2.45) is 0 Å². The van der Waals surface area contributed by atoms with Crippen LogP contribution < -0.4 is 9.64 Å². The topological polar surface area (TPSA) is 51.7 Å². The average Bonchev–Trinajstić information content (AvgIpc) is 2.35. The molecule has 1 aromatic heterocycles. The van der Waals surface area contributed by atoms with E-state index in [2.05, 4.69) is 4.98 Å². The molecule has 0 saturated carbocycles. The van der Waals surface area contributed by atoms with Gasteiger partial charge < -0.3 is 9.47 Å². The number of nitrogens with zero attached hydrogens (tertiary/aromatic N) is 2. The second-order valence-corrected chi connectivity index (χ2v) is 5.59. The van der Waals surface area contributed by atoms with Crippen LogP contribution in [0.2, 0.25) is 0 Å². The van der Waals surface area contributed by atoms with Gasteiger partial charge in [0.15, 0.2) is 0 Å². The van der Waals surface area contributed by atoms with E-state index in [0.717, 1.165) is 18.4 Å². The van der Waals surface area contributed by atoms with Crippen molar-refractivity contribution < 1.29 is 14.3 Å². The average molecular weight is 264 g/mol. The molecule has 0 N–H and O–H groups in total. The third-order valence-corrected chi connectivity index (χ3v) is 2.85. The summed E-state index contributed by atoms with van der Waals surface area (Å²) in [7, 11) is 1.61. The fourth-order valence-corrected chi connectivity index (χ4v) is 2.05. The van der Waals surface area contributed by atoms with Crippen molar-refractivity contribution in [2.75, 3.05) is 18.6 Å². The van der Waals surface area contributed by atoms with Gasteiger partial charge in [-0.1, -0.05) is 0 Å². The molecule has 0 fully saturated rings. The molecule has 5 heteroatoms. The minimum atomic E-state index is -0.499. The Labute approximate surface area is 113 Å². The van der Waals surface area contributed by atoms with E-state index in [1.54, 1.807) is 18.2 Å². The standard InChI is InChI=1S/C14H20N2O3/c1-14(2,3)19-13(17)16-7-5-6-10-8-11(18-4)9-15-12(10)16/h8-9H,5-7H2,1-4H3. The molecule has 0 unspecified atom stereocenters. The Morgan fingerprint density at radius 2 is 2.16 bits per heavy atom. The van der Waals surface area contributed by atoms with Crippen molar-refractivity contribution >= 4 is 11.9 Å². The van der Waals surface area contributed by atoms with E-state index in [4.69, 9.17) is 9.47 Å². The highest BCUT2D eigenvalue weighted by molar-refractivity contribution is 5.88. The maximum atomic E-state index is 12.2. The van der Waals surface area contributed by atoms with E-state index >= 15 is 0 Å². The number of ether oxygens (including phenoxy) is 2. The Morgan fingerprint density at radius 1 is 1.42 bits per heavy atom. The van der Waals surface area contributed by atoms with Crippen molar-refractivity contribution in [3.63, 3.8) is 0 Å². The third kappa shape index (κ3) is 3.16. The number of hydrogen-bond donors (Lipinski definition) is 0. The van der Waals surface area contributed by atoms with E-state index < -0.39 is 5.60 Å². The van der Waals surface area contributed by atoms with Gasteiger partial charge in [0.05, 0.1) is 13.3 Å². The molecule has 2 heterocycles. The number of amides is 1. The van der Waals surface area contributed by atoms with Crippen molar-refractivity contribution in [1.82, 2.24) is 4.98 Å². The predicted molar refractivity (Wildman–Crippen MR) is 72.7 cm³/mol. The molecule has 2 rings (SSSR count). The zero-order chi connectivity index (χ0) is 14.0. The number of anilines is 1. The maximum Gasteiger partial charge on any atom is 0.416 e. The van der Waals surface area contributed by atoms with E-state index in [9.17, 15) is 4.79 Å². The zero-order valence-corrected chi connectivity index (χ0v) is 11.9. The van der Waals surface area contributed by atoms with Crippen LogP contribution in [-0.4, -0.2) is 30.3 Å². The fourth-order valence-electron chi connectivity index (χ4n) is 2.05. The first kappa shape index (κ1) is 13.6. The molecule has 1 aliphatic heterocycles. The minimum Gasteiger partial charge on any atom is -0.495 e. The molecule has 0 spiro atoms. The number of aromatic nitrogens is 1. The van der Waals surface area contributed by atoms with E-state index in [0.29, 0.717) is 18.1 Å². The summed E-state index contributed by atoms with van der Waals surface area (Å²) >= 11 is 0. The summed E-state index contributed by atoms with van der Waals surface area (Å²) in [5.74, 6) is 1.39. The summed E-state index contributed by atoms with van der Waals surface area (Å²) in [6.07, 6.45) is 3.09. The van der Waals surface area contributed by atoms with Gasteiger partial charge in [0, 0.05) is 6.54 Å². The van der Waals surface area contributed by atoms with Gasteiger partial charge >= 0.3 is 6.09 Å². The van der Waals surface area contributed by atoms with Crippen LogP contribution in [0, 0.1) is 0 Å². The normalized spacial score (nSPS) is 14.8. The quantitative estimate of drug-likeness (QED) is 0.782. The van der Waals surface area contributed by atoms with Crippen molar-refractivity contribution in [2.45, 2.75) is 39.2 Å². The molecule has 1 aromatic rings. The van der Waals surface area contributed by atoms with Gasteiger partial charge in [-0.2, -0.15) is 0 Å². The number of carbonyl (C=O) groups is 1. The Bertz CT molecular complexity index is 480. The molecule has 0 aliphatic carbocycles. The van der Waals surface area contributed by atoms with Gasteiger partial charge in [0.1, 0.15) is 17.2 Å². The first-order chi connectivity index (χ1) is 8.90. The van der Waals surface area contributed by atoms with E-state index in [-0.39, 0.29) is 6.09 Å². The number of aryl methyl sites for hydroxylation is 1. The monoisotopic (exact) mass is 264 g/mol. The van der Waals surface area contributed by atoms with E-state index in [1.807, 2.05) is 26.8 Å². The lowest BCUT2D eigenvalue weighted by Crippen LogP contribution is -2.40. The molecular weight excluding hydrogens is 244 g/mol. The SMILES string of the molecule is COc1cnc2c(c1)CCCN2C(=O)OC(C)(C)C. The van der Waals surface area contributed by atoms with Crippen LogP contribution in [0.25, 0.3) is 0 Å². The minimum absolute atomic E-state index is 0.342. The van der Waals surface area contributed by atoms with Crippen molar-refractivity contribution in [3.8, 4) is 5.75 Å². The molecule has 104 valence electrons. The van der Waals surface area contributed by atoms with Crippen LogP contribution in [0.4, 0.5) is 10.6 Å².